The molecule has 0 saturated heterocycles. The van der Waals surface area contributed by atoms with Crippen LogP contribution in [-0.4, -0.2) is 37.2 Å². The number of carbonyl (C=O) groups excluding carboxylic acids is 3. The van der Waals surface area contributed by atoms with Crippen LogP contribution in [0.3, 0.4) is 0 Å². The second kappa shape index (κ2) is 48.8. The Bertz CT molecular complexity index is 1100. The van der Waals surface area contributed by atoms with Gasteiger partial charge in [0, 0.05) is 19.3 Å². The molecule has 0 radical (unpaired) electrons. The number of hydrogen-bond acceptors (Lipinski definition) is 6. The summed E-state index contributed by atoms with van der Waals surface area (Å²) in [6.07, 6.45) is 59.3. The minimum atomic E-state index is -0.796. The van der Waals surface area contributed by atoms with Gasteiger partial charge in [-0.25, -0.2) is 0 Å². The molecule has 0 N–H and O–H groups in total. The van der Waals surface area contributed by atoms with Crippen LogP contribution in [0.4, 0.5) is 0 Å². The maximum atomic E-state index is 12.7. The normalized spacial score (nSPS) is 12.5. The first-order chi connectivity index (χ1) is 29.5. The van der Waals surface area contributed by atoms with Crippen molar-refractivity contribution >= 4 is 17.9 Å². The molecule has 60 heavy (non-hydrogen) atoms. The highest BCUT2D eigenvalue weighted by Gasteiger charge is 2.19. The molecule has 0 fully saturated rings. The van der Waals surface area contributed by atoms with Gasteiger partial charge >= 0.3 is 17.9 Å². The van der Waals surface area contributed by atoms with Crippen molar-refractivity contribution in [2.45, 2.75) is 252 Å². The Balaban J connectivity index is 4.36. The van der Waals surface area contributed by atoms with E-state index in [2.05, 4.69) is 81.5 Å². The van der Waals surface area contributed by atoms with Gasteiger partial charge in [0.05, 0.1) is 0 Å². The van der Waals surface area contributed by atoms with Crippen LogP contribution < -0.4 is 0 Å². The van der Waals surface area contributed by atoms with Crippen molar-refractivity contribution < 1.29 is 28.6 Å². The summed E-state index contributed by atoms with van der Waals surface area (Å²) in [5.74, 6) is -0.944. The highest BCUT2D eigenvalue weighted by atomic mass is 16.6. The Labute approximate surface area is 370 Å². The molecule has 0 aromatic rings. The van der Waals surface area contributed by atoms with Crippen LogP contribution in [0.25, 0.3) is 0 Å². The predicted molar refractivity (Wildman–Crippen MR) is 256 cm³/mol. The highest BCUT2D eigenvalue weighted by molar-refractivity contribution is 5.71. The summed E-state index contributed by atoms with van der Waals surface area (Å²) in [5.41, 5.74) is 0. The molecule has 6 nitrogen and oxygen atoms in total. The summed E-state index contributed by atoms with van der Waals surface area (Å²) in [7, 11) is 0. The van der Waals surface area contributed by atoms with Crippen LogP contribution >= 0.6 is 0 Å². The molecule has 0 rings (SSSR count). The van der Waals surface area contributed by atoms with E-state index >= 15 is 0 Å². The Morgan fingerprint density at radius 2 is 0.650 bits per heavy atom. The molecular weight excluding hydrogens is 745 g/mol. The van der Waals surface area contributed by atoms with Gasteiger partial charge in [-0.15, -0.1) is 0 Å². The first kappa shape index (κ1) is 57.1. The quantitative estimate of drug-likeness (QED) is 0.0263. The number of rotatable bonds is 45. The Morgan fingerprint density at radius 1 is 0.350 bits per heavy atom. The lowest BCUT2D eigenvalue weighted by Crippen LogP contribution is -2.30. The van der Waals surface area contributed by atoms with Crippen molar-refractivity contribution in [2.75, 3.05) is 13.2 Å². The number of ether oxygens (including phenoxy) is 3. The van der Waals surface area contributed by atoms with Crippen LogP contribution in [0.15, 0.2) is 60.8 Å². The summed E-state index contributed by atoms with van der Waals surface area (Å²) < 4.78 is 16.7. The van der Waals surface area contributed by atoms with Gasteiger partial charge < -0.3 is 14.2 Å². The monoisotopic (exact) mass is 839 g/mol. The number of hydrogen-bond donors (Lipinski definition) is 0. The van der Waals surface area contributed by atoms with Crippen molar-refractivity contribution in [2.24, 2.45) is 0 Å². The van der Waals surface area contributed by atoms with Gasteiger partial charge in [-0.05, 0) is 77.0 Å². The van der Waals surface area contributed by atoms with Gasteiger partial charge in [-0.3, -0.25) is 14.4 Å². The van der Waals surface area contributed by atoms with Crippen molar-refractivity contribution in [1.29, 1.82) is 0 Å². The van der Waals surface area contributed by atoms with E-state index in [1.807, 2.05) is 0 Å². The molecule has 1 unspecified atom stereocenters. The second-order valence-corrected chi connectivity index (χ2v) is 16.7. The summed E-state index contributed by atoms with van der Waals surface area (Å²) in [5, 5.41) is 0. The van der Waals surface area contributed by atoms with Crippen LogP contribution in [0, 0.1) is 0 Å². The molecule has 0 amide bonds. The molecule has 0 spiro atoms. The third kappa shape index (κ3) is 46.2. The first-order valence-electron chi connectivity index (χ1n) is 25.3. The molecule has 6 heteroatoms. The molecule has 0 bridgehead atoms. The fourth-order valence-electron chi connectivity index (χ4n) is 7.02. The van der Waals surface area contributed by atoms with Gasteiger partial charge in [-0.2, -0.15) is 0 Å². The summed E-state index contributed by atoms with van der Waals surface area (Å²) >= 11 is 0. The van der Waals surface area contributed by atoms with E-state index in [-0.39, 0.29) is 37.5 Å². The van der Waals surface area contributed by atoms with Crippen LogP contribution in [0.5, 0.6) is 0 Å². The van der Waals surface area contributed by atoms with Crippen molar-refractivity contribution in [3.63, 3.8) is 0 Å². The standard InChI is InChI=1S/C54H94O6/c1-4-7-10-13-16-19-22-25-26-27-28-29-30-33-35-38-41-44-47-53(56)59-50-51(60-54(57)48-45-42-39-36-32-24-21-18-15-12-9-6-3)49-58-52(55)46-43-40-37-34-31-23-20-17-14-11-8-5-2/h8-9,11-12,17-18,20-21,32,36,51H,4-7,10,13-16,19,22-31,33-35,37-50H2,1-3H3/b11-8-,12-9-,20-17-,21-18-,36-32-. The second-order valence-electron chi connectivity index (χ2n) is 16.7. The van der Waals surface area contributed by atoms with E-state index in [9.17, 15) is 14.4 Å². The molecule has 0 aromatic heterocycles. The fourth-order valence-corrected chi connectivity index (χ4v) is 7.02. The largest absolute Gasteiger partial charge is 0.462 e. The SMILES string of the molecule is CC/C=C\C/C=C\C/C=C\CCCCC(=O)OC(COC(=O)CCCCCCC/C=C\C/C=C\CC)COC(=O)CCCCCCCCCCCCCCCCCCCC. The molecule has 0 aliphatic carbocycles. The van der Waals surface area contributed by atoms with Gasteiger partial charge in [-0.1, -0.05) is 210 Å². The maximum Gasteiger partial charge on any atom is 0.306 e. The topological polar surface area (TPSA) is 78.9 Å². The lowest BCUT2D eigenvalue weighted by molar-refractivity contribution is -0.167. The zero-order valence-electron chi connectivity index (χ0n) is 39.5. The smallest absolute Gasteiger partial charge is 0.306 e. The summed E-state index contributed by atoms with van der Waals surface area (Å²) in [4.78, 5) is 37.9. The Morgan fingerprint density at radius 3 is 1.05 bits per heavy atom. The van der Waals surface area contributed by atoms with E-state index in [0.717, 1.165) is 103 Å². The molecule has 1 atom stereocenters. The highest BCUT2D eigenvalue weighted by Crippen LogP contribution is 2.15. The molecule has 0 heterocycles. The van der Waals surface area contributed by atoms with Crippen LogP contribution in [0.1, 0.15) is 245 Å². The Kier molecular flexibility index (Phi) is 46.4. The van der Waals surface area contributed by atoms with Crippen LogP contribution in [0.2, 0.25) is 0 Å². The van der Waals surface area contributed by atoms with Crippen molar-refractivity contribution in [3.05, 3.63) is 60.8 Å². The number of carbonyl (C=O) groups is 3. The lowest BCUT2D eigenvalue weighted by atomic mass is 10.0. The van der Waals surface area contributed by atoms with E-state index in [0.29, 0.717) is 19.3 Å². The zero-order valence-corrected chi connectivity index (χ0v) is 39.5. The van der Waals surface area contributed by atoms with Crippen molar-refractivity contribution in [3.8, 4) is 0 Å². The summed E-state index contributed by atoms with van der Waals surface area (Å²) in [6, 6.07) is 0. The third-order valence-electron chi connectivity index (χ3n) is 10.8. The van der Waals surface area contributed by atoms with Gasteiger partial charge in [0.15, 0.2) is 6.10 Å². The number of esters is 3. The third-order valence-corrected chi connectivity index (χ3v) is 10.8. The molecule has 0 aliphatic rings. The average molecular weight is 839 g/mol. The zero-order chi connectivity index (χ0) is 43.7. The van der Waals surface area contributed by atoms with E-state index in [4.69, 9.17) is 14.2 Å². The lowest BCUT2D eigenvalue weighted by Gasteiger charge is -2.18. The molecule has 0 saturated carbocycles. The molecule has 0 aliphatic heterocycles. The fraction of sp³-hybridized carbons (Fsp3) is 0.759. The Hall–Kier alpha value is -2.89. The molecular formula is C54H94O6. The van der Waals surface area contributed by atoms with E-state index < -0.39 is 6.10 Å². The van der Waals surface area contributed by atoms with Crippen molar-refractivity contribution in [1.82, 2.24) is 0 Å². The van der Waals surface area contributed by atoms with E-state index in [1.54, 1.807) is 0 Å². The van der Waals surface area contributed by atoms with E-state index in [1.165, 1.54) is 96.3 Å². The first-order valence-corrected chi connectivity index (χ1v) is 25.3. The number of allylic oxidation sites excluding steroid dienone is 10. The minimum Gasteiger partial charge on any atom is -0.462 e. The predicted octanol–water partition coefficient (Wildman–Crippen LogP) is 16.5. The van der Waals surface area contributed by atoms with Gasteiger partial charge in [0.25, 0.3) is 0 Å². The minimum absolute atomic E-state index is 0.0925. The average Bonchev–Trinajstić information content (AvgIpc) is 3.24. The van der Waals surface area contributed by atoms with Crippen LogP contribution in [-0.2, 0) is 28.6 Å². The molecule has 0 aromatic carbocycles. The molecule has 346 valence electrons. The summed E-state index contributed by atoms with van der Waals surface area (Å²) in [6.45, 7) is 6.37. The van der Waals surface area contributed by atoms with Gasteiger partial charge in [0.2, 0.25) is 0 Å². The maximum absolute atomic E-state index is 12.7. The van der Waals surface area contributed by atoms with Gasteiger partial charge in [0.1, 0.15) is 13.2 Å². The number of unbranched alkanes of at least 4 members (excludes halogenated alkanes) is 24.